The van der Waals surface area contributed by atoms with E-state index < -0.39 is 0 Å². The first-order valence-corrected chi connectivity index (χ1v) is 5.85. The molecule has 0 aliphatic carbocycles. The number of carbonyl (C=O) groups is 1. The maximum absolute atomic E-state index is 11.7. The minimum Gasteiger partial charge on any atom is -0.460 e. The maximum atomic E-state index is 11.7. The predicted octanol–water partition coefficient (Wildman–Crippen LogP) is 2.27. The summed E-state index contributed by atoms with van der Waals surface area (Å²) in [5.74, 6) is -0.386. The van der Waals surface area contributed by atoms with E-state index in [0.29, 0.717) is 13.2 Å². The number of carbonyl (C=O) groups excluding carboxylic acids is 1. The third-order valence-corrected chi connectivity index (χ3v) is 2.47. The summed E-state index contributed by atoms with van der Waals surface area (Å²) in [4.78, 5) is 11.7. The Bertz CT molecular complexity index is 360. The zero-order valence-electron chi connectivity index (χ0n) is 10.1. The topological polar surface area (TPSA) is 52.3 Å². The molecule has 1 atom stereocenters. The molecular formula is C14H19NO2. The second kappa shape index (κ2) is 7.63. The molecule has 0 saturated heterocycles. The number of nitrogens with two attached hydrogens (primary N) is 1. The lowest BCUT2D eigenvalue weighted by molar-refractivity contribution is -0.148. The Balaban J connectivity index is 2.45. The summed E-state index contributed by atoms with van der Waals surface area (Å²) in [5, 5.41) is 0. The summed E-state index contributed by atoms with van der Waals surface area (Å²) in [7, 11) is 0. The van der Waals surface area contributed by atoms with Gasteiger partial charge in [0.25, 0.3) is 0 Å². The summed E-state index contributed by atoms with van der Waals surface area (Å²) in [5.41, 5.74) is 6.36. The minimum absolute atomic E-state index is 0.192. The third-order valence-electron chi connectivity index (χ3n) is 2.47. The smallest absolute Gasteiger partial charge is 0.313 e. The van der Waals surface area contributed by atoms with Gasteiger partial charge in [-0.05, 0) is 12.0 Å². The highest BCUT2D eigenvalue weighted by Crippen LogP contribution is 2.09. The number of rotatable bonds is 6. The van der Waals surface area contributed by atoms with Crippen molar-refractivity contribution >= 4 is 5.97 Å². The highest BCUT2D eigenvalue weighted by Gasteiger charge is 2.14. The van der Waals surface area contributed by atoms with Gasteiger partial charge in [-0.2, -0.15) is 0 Å². The highest BCUT2D eigenvalue weighted by molar-refractivity contribution is 5.74. The zero-order valence-corrected chi connectivity index (χ0v) is 10.1. The molecule has 0 heterocycles. The van der Waals surface area contributed by atoms with Crippen molar-refractivity contribution < 1.29 is 9.53 Å². The molecular weight excluding hydrogens is 214 g/mol. The van der Waals surface area contributed by atoms with E-state index in [0.717, 1.165) is 12.0 Å². The molecule has 0 saturated carbocycles. The Kier molecular flexibility index (Phi) is 6.04. The molecule has 3 nitrogen and oxygen atoms in total. The highest BCUT2D eigenvalue weighted by atomic mass is 16.5. The largest absolute Gasteiger partial charge is 0.460 e. The van der Waals surface area contributed by atoms with Crippen molar-refractivity contribution in [1.82, 2.24) is 0 Å². The van der Waals surface area contributed by atoms with Gasteiger partial charge in [-0.15, -0.1) is 0 Å². The van der Waals surface area contributed by atoms with Crippen LogP contribution in [0, 0.1) is 5.92 Å². The molecule has 1 aromatic rings. The average molecular weight is 233 g/mol. The number of hydrogen-bond acceptors (Lipinski definition) is 3. The zero-order chi connectivity index (χ0) is 12.5. The van der Waals surface area contributed by atoms with E-state index >= 15 is 0 Å². The molecule has 92 valence electrons. The number of benzene rings is 1. The Labute approximate surface area is 102 Å². The van der Waals surface area contributed by atoms with Crippen LogP contribution in [0.25, 0.3) is 0 Å². The quantitative estimate of drug-likeness (QED) is 0.605. The molecule has 1 rings (SSSR count). The summed E-state index contributed by atoms with van der Waals surface area (Å²) in [6.45, 7) is 2.73. The fraction of sp³-hybridized carbons (Fsp3) is 0.357. The molecule has 2 N–H and O–H groups in total. The molecule has 0 radical (unpaired) electrons. The Morgan fingerprint density at radius 2 is 2.12 bits per heavy atom. The fourth-order valence-electron chi connectivity index (χ4n) is 1.46. The van der Waals surface area contributed by atoms with E-state index in [1.807, 2.05) is 43.3 Å². The summed E-state index contributed by atoms with van der Waals surface area (Å²) >= 11 is 0. The third kappa shape index (κ3) is 4.83. The summed E-state index contributed by atoms with van der Waals surface area (Å²) < 4.78 is 5.25. The van der Waals surface area contributed by atoms with Crippen LogP contribution < -0.4 is 5.73 Å². The number of ether oxygens (including phenoxy) is 1. The Morgan fingerprint density at radius 3 is 2.71 bits per heavy atom. The van der Waals surface area contributed by atoms with E-state index in [1.54, 1.807) is 6.08 Å². The monoisotopic (exact) mass is 233 g/mol. The summed E-state index contributed by atoms with van der Waals surface area (Å²) in [6.07, 6.45) is 4.33. The molecule has 0 aliphatic rings. The molecule has 0 aromatic heterocycles. The molecule has 0 bridgehead atoms. The predicted molar refractivity (Wildman–Crippen MR) is 68.2 cm³/mol. The standard InChI is InChI=1S/C14H19NO2/c1-2-13(9-6-10-15)14(16)17-11-12-7-4-3-5-8-12/h3-9,13H,2,10-11,15H2,1H3/b9-6-. The average Bonchev–Trinajstić information content (AvgIpc) is 2.38. The molecule has 0 aliphatic heterocycles. The fourth-order valence-corrected chi connectivity index (χ4v) is 1.46. The first-order valence-electron chi connectivity index (χ1n) is 5.85. The molecule has 1 aromatic carbocycles. The maximum Gasteiger partial charge on any atom is 0.313 e. The van der Waals surface area contributed by atoms with Crippen LogP contribution in [0.3, 0.4) is 0 Å². The van der Waals surface area contributed by atoms with Crippen molar-refractivity contribution in [3.8, 4) is 0 Å². The van der Waals surface area contributed by atoms with Crippen molar-refractivity contribution in [2.45, 2.75) is 20.0 Å². The number of esters is 1. The van der Waals surface area contributed by atoms with Crippen LogP contribution >= 0.6 is 0 Å². The van der Waals surface area contributed by atoms with Gasteiger partial charge >= 0.3 is 5.97 Å². The van der Waals surface area contributed by atoms with Crippen molar-refractivity contribution in [1.29, 1.82) is 0 Å². The summed E-state index contributed by atoms with van der Waals surface area (Å²) in [6, 6.07) is 9.65. The van der Waals surface area contributed by atoms with Crippen molar-refractivity contribution in [2.75, 3.05) is 6.54 Å². The number of hydrogen-bond donors (Lipinski definition) is 1. The first kappa shape index (κ1) is 13.5. The molecule has 17 heavy (non-hydrogen) atoms. The van der Waals surface area contributed by atoms with Crippen LogP contribution in [-0.2, 0) is 16.1 Å². The lowest BCUT2D eigenvalue weighted by Crippen LogP contribution is -2.15. The van der Waals surface area contributed by atoms with Crippen LogP contribution in [-0.4, -0.2) is 12.5 Å². The molecule has 0 amide bonds. The van der Waals surface area contributed by atoms with E-state index in [1.165, 1.54) is 0 Å². The second-order valence-electron chi connectivity index (χ2n) is 3.77. The van der Waals surface area contributed by atoms with Crippen LogP contribution in [0.2, 0.25) is 0 Å². The SMILES string of the molecule is CCC(/C=C\CN)C(=O)OCc1ccccc1. The normalized spacial score (nSPS) is 12.6. The van der Waals surface area contributed by atoms with Crippen molar-refractivity contribution in [3.63, 3.8) is 0 Å². The van der Waals surface area contributed by atoms with Gasteiger partial charge in [0.2, 0.25) is 0 Å². The molecule has 0 spiro atoms. The van der Waals surface area contributed by atoms with Crippen LogP contribution in [0.4, 0.5) is 0 Å². The van der Waals surface area contributed by atoms with Crippen molar-refractivity contribution in [2.24, 2.45) is 11.7 Å². The van der Waals surface area contributed by atoms with E-state index in [2.05, 4.69) is 0 Å². The van der Waals surface area contributed by atoms with Gasteiger partial charge in [0.15, 0.2) is 0 Å². The van der Waals surface area contributed by atoms with Crippen molar-refractivity contribution in [3.05, 3.63) is 48.0 Å². The molecule has 3 heteroatoms. The van der Waals surface area contributed by atoms with Gasteiger partial charge in [0.1, 0.15) is 6.61 Å². The van der Waals surface area contributed by atoms with E-state index in [9.17, 15) is 4.79 Å². The van der Waals surface area contributed by atoms with Crippen LogP contribution in [0.15, 0.2) is 42.5 Å². The molecule has 0 fully saturated rings. The van der Waals surface area contributed by atoms with Crippen LogP contribution in [0.1, 0.15) is 18.9 Å². The lowest BCUT2D eigenvalue weighted by atomic mass is 10.1. The second-order valence-corrected chi connectivity index (χ2v) is 3.77. The van der Waals surface area contributed by atoms with Gasteiger partial charge in [-0.25, -0.2) is 0 Å². The van der Waals surface area contributed by atoms with E-state index in [4.69, 9.17) is 10.5 Å². The minimum atomic E-state index is -0.193. The molecule has 1 unspecified atom stereocenters. The Morgan fingerprint density at radius 1 is 1.41 bits per heavy atom. The van der Waals surface area contributed by atoms with Gasteiger partial charge in [0, 0.05) is 6.54 Å². The van der Waals surface area contributed by atoms with Gasteiger partial charge in [-0.3, -0.25) is 4.79 Å². The van der Waals surface area contributed by atoms with Gasteiger partial charge in [0.05, 0.1) is 5.92 Å². The first-order chi connectivity index (χ1) is 8.27. The van der Waals surface area contributed by atoms with Gasteiger partial charge < -0.3 is 10.5 Å². The Hall–Kier alpha value is -1.61. The van der Waals surface area contributed by atoms with E-state index in [-0.39, 0.29) is 11.9 Å². The van der Waals surface area contributed by atoms with Gasteiger partial charge in [-0.1, -0.05) is 49.4 Å². The van der Waals surface area contributed by atoms with Crippen LogP contribution in [0.5, 0.6) is 0 Å². The lowest BCUT2D eigenvalue weighted by Gasteiger charge is -2.10.